The summed E-state index contributed by atoms with van der Waals surface area (Å²) in [6.07, 6.45) is 5.67. The van der Waals surface area contributed by atoms with Crippen molar-refractivity contribution in [2.75, 3.05) is 11.9 Å². The summed E-state index contributed by atoms with van der Waals surface area (Å²) in [6.45, 7) is 2.91. The van der Waals surface area contributed by atoms with E-state index in [0.717, 1.165) is 43.6 Å². The number of anilines is 1. The molecular weight excluding hydrogens is 302 g/mol. The van der Waals surface area contributed by atoms with Gasteiger partial charge in [-0.3, -0.25) is 9.78 Å². The molecule has 4 rings (SSSR count). The SMILES string of the molecule is CCc1cc(N[C@@H]2CCN(C3CC3)C2=O)nc(-c2ccccn2)n1. The number of nitrogens with zero attached hydrogens (tertiary/aromatic N) is 4. The third-order valence-corrected chi connectivity index (χ3v) is 4.59. The van der Waals surface area contributed by atoms with Gasteiger partial charge in [0.05, 0.1) is 0 Å². The Kier molecular flexibility index (Phi) is 3.88. The second kappa shape index (κ2) is 6.19. The molecule has 3 heterocycles. The van der Waals surface area contributed by atoms with Crippen LogP contribution in [-0.4, -0.2) is 44.4 Å². The Hall–Kier alpha value is -2.50. The van der Waals surface area contributed by atoms with Crippen LogP contribution in [0.1, 0.15) is 31.9 Å². The predicted octanol–water partition coefficient (Wildman–Crippen LogP) is 2.28. The molecule has 0 radical (unpaired) electrons. The van der Waals surface area contributed by atoms with Gasteiger partial charge in [0.25, 0.3) is 0 Å². The van der Waals surface area contributed by atoms with Gasteiger partial charge in [0.2, 0.25) is 5.91 Å². The lowest BCUT2D eigenvalue weighted by molar-refractivity contribution is -0.128. The van der Waals surface area contributed by atoms with Crippen molar-refractivity contribution in [1.29, 1.82) is 0 Å². The normalized spacial score (nSPS) is 20.5. The molecule has 1 saturated heterocycles. The average Bonchev–Trinajstić information content (AvgIpc) is 3.40. The van der Waals surface area contributed by atoms with Crippen molar-refractivity contribution in [1.82, 2.24) is 19.9 Å². The Morgan fingerprint density at radius 2 is 2.12 bits per heavy atom. The smallest absolute Gasteiger partial charge is 0.245 e. The standard InChI is InChI=1S/C18H21N5O/c1-2-12-11-16(22-17(20-12)14-5-3-4-9-19-14)21-15-8-10-23(18(15)24)13-6-7-13/h3-5,9,11,13,15H,2,6-8,10H2,1H3,(H,20,21,22)/t15-/m1/s1. The summed E-state index contributed by atoms with van der Waals surface area (Å²) in [5.41, 5.74) is 1.69. The molecule has 24 heavy (non-hydrogen) atoms. The minimum atomic E-state index is -0.179. The van der Waals surface area contributed by atoms with Gasteiger partial charge >= 0.3 is 0 Å². The lowest BCUT2D eigenvalue weighted by Gasteiger charge is -2.17. The van der Waals surface area contributed by atoms with Gasteiger partial charge in [0, 0.05) is 30.5 Å². The largest absolute Gasteiger partial charge is 0.358 e. The van der Waals surface area contributed by atoms with E-state index in [-0.39, 0.29) is 11.9 Å². The van der Waals surface area contributed by atoms with Crippen LogP contribution in [0.4, 0.5) is 5.82 Å². The number of aryl methyl sites for hydroxylation is 1. The van der Waals surface area contributed by atoms with Crippen LogP contribution in [0.5, 0.6) is 0 Å². The molecule has 2 fully saturated rings. The van der Waals surface area contributed by atoms with E-state index in [4.69, 9.17) is 0 Å². The van der Waals surface area contributed by atoms with Gasteiger partial charge in [0.1, 0.15) is 17.6 Å². The topological polar surface area (TPSA) is 71.0 Å². The number of hydrogen-bond donors (Lipinski definition) is 1. The van der Waals surface area contributed by atoms with Crippen LogP contribution < -0.4 is 5.32 Å². The highest BCUT2D eigenvalue weighted by atomic mass is 16.2. The molecule has 6 nitrogen and oxygen atoms in total. The van der Waals surface area contributed by atoms with Gasteiger partial charge in [-0.05, 0) is 37.8 Å². The molecule has 0 spiro atoms. The molecule has 1 aliphatic carbocycles. The first-order chi connectivity index (χ1) is 11.7. The number of carbonyl (C=O) groups excluding carboxylic acids is 1. The minimum absolute atomic E-state index is 0.179. The Morgan fingerprint density at radius 1 is 1.25 bits per heavy atom. The Balaban J connectivity index is 1.57. The van der Waals surface area contributed by atoms with E-state index in [2.05, 4.69) is 27.2 Å². The molecule has 6 heteroatoms. The monoisotopic (exact) mass is 323 g/mol. The molecular formula is C18H21N5O. The number of nitrogens with one attached hydrogen (secondary N) is 1. The van der Waals surface area contributed by atoms with Crippen molar-refractivity contribution in [3.63, 3.8) is 0 Å². The van der Waals surface area contributed by atoms with Crippen LogP contribution in [0.3, 0.4) is 0 Å². The van der Waals surface area contributed by atoms with E-state index in [1.165, 1.54) is 0 Å². The molecule has 1 atom stereocenters. The predicted molar refractivity (Wildman–Crippen MR) is 91.4 cm³/mol. The zero-order chi connectivity index (χ0) is 16.5. The number of hydrogen-bond acceptors (Lipinski definition) is 5. The second-order valence-electron chi connectivity index (χ2n) is 6.39. The van der Waals surface area contributed by atoms with Crippen LogP contribution in [0.25, 0.3) is 11.5 Å². The fourth-order valence-electron chi connectivity index (χ4n) is 3.13. The van der Waals surface area contributed by atoms with Crippen LogP contribution in [-0.2, 0) is 11.2 Å². The maximum absolute atomic E-state index is 12.5. The highest BCUT2D eigenvalue weighted by Gasteiger charge is 2.40. The molecule has 1 saturated carbocycles. The summed E-state index contributed by atoms with van der Waals surface area (Å²) in [5, 5.41) is 3.32. The van der Waals surface area contributed by atoms with Crippen LogP contribution in [0.2, 0.25) is 0 Å². The fraction of sp³-hybridized carbons (Fsp3) is 0.444. The Morgan fingerprint density at radius 3 is 2.83 bits per heavy atom. The minimum Gasteiger partial charge on any atom is -0.358 e. The van der Waals surface area contributed by atoms with Gasteiger partial charge in [-0.1, -0.05) is 13.0 Å². The summed E-state index contributed by atoms with van der Waals surface area (Å²) in [5.74, 6) is 1.51. The van der Waals surface area contributed by atoms with E-state index in [0.29, 0.717) is 17.7 Å². The molecule has 2 aliphatic rings. The first-order valence-electron chi connectivity index (χ1n) is 8.61. The van der Waals surface area contributed by atoms with Crippen molar-refractivity contribution in [3.8, 4) is 11.5 Å². The van der Waals surface area contributed by atoms with E-state index in [1.807, 2.05) is 29.2 Å². The summed E-state index contributed by atoms with van der Waals surface area (Å²) in [7, 11) is 0. The molecule has 124 valence electrons. The average molecular weight is 323 g/mol. The highest BCUT2D eigenvalue weighted by Crippen LogP contribution is 2.31. The third kappa shape index (κ3) is 2.96. The van der Waals surface area contributed by atoms with Gasteiger partial charge in [0.15, 0.2) is 5.82 Å². The number of amides is 1. The number of carbonyl (C=O) groups is 1. The zero-order valence-electron chi connectivity index (χ0n) is 13.8. The van der Waals surface area contributed by atoms with Crippen molar-refractivity contribution >= 4 is 11.7 Å². The van der Waals surface area contributed by atoms with Crippen LogP contribution in [0, 0.1) is 0 Å². The Labute approximate surface area is 141 Å². The first kappa shape index (κ1) is 15.1. The van der Waals surface area contributed by atoms with Crippen LogP contribution in [0.15, 0.2) is 30.5 Å². The summed E-state index contributed by atoms with van der Waals surface area (Å²) >= 11 is 0. The Bertz CT molecular complexity index is 744. The van der Waals surface area contributed by atoms with Gasteiger partial charge in [-0.25, -0.2) is 9.97 Å². The van der Waals surface area contributed by atoms with Crippen LogP contribution >= 0.6 is 0 Å². The van der Waals surface area contributed by atoms with Crippen molar-refractivity contribution in [3.05, 3.63) is 36.2 Å². The van der Waals surface area contributed by atoms with Gasteiger partial charge in [-0.15, -0.1) is 0 Å². The number of pyridine rings is 1. The molecule has 2 aromatic rings. The van der Waals surface area contributed by atoms with Crippen molar-refractivity contribution in [2.24, 2.45) is 0 Å². The second-order valence-corrected chi connectivity index (χ2v) is 6.39. The van der Waals surface area contributed by atoms with E-state index in [1.54, 1.807) is 6.20 Å². The van der Waals surface area contributed by atoms with Crippen molar-refractivity contribution < 1.29 is 4.79 Å². The number of rotatable bonds is 5. The van der Waals surface area contributed by atoms with Gasteiger partial charge in [-0.2, -0.15) is 0 Å². The van der Waals surface area contributed by atoms with E-state index < -0.39 is 0 Å². The lowest BCUT2D eigenvalue weighted by Crippen LogP contribution is -2.35. The third-order valence-electron chi connectivity index (χ3n) is 4.59. The summed E-state index contributed by atoms with van der Waals surface area (Å²) in [4.78, 5) is 28.0. The first-order valence-corrected chi connectivity index (χ1v) is 8.61. The van der Waals surface area contributed by atoms with E-state index >= 15 is 0 Å². The quantitative estimate of drug-likeness (QED) is 0.914. The van der Waals surface area contributed by atoms with E-state index in [9.17, 15) is 4.79 Å². The number of aromatic nitrogens is 3. The summed E-state index contributed by atoms with van der Waals surface area (Å²) < 4.78 is 0. The lowest BCUT2D eigenvalue weighted by atomic mass is 10.2. The molecule has 1 N–H and O–H groups in total. The molecule has 1 amide bonds. The molecule has 2 aromatic heterocycles. The van der Waals surface area contributed by atoms with Crippen molar-refractivity contribution in [2.45, 2.75) is 44.7 Å². The maximum Gasteiger partial charge on any atom is 0.245 e. The zero-order valence-corrected chi connectivity index (χ0v) is 13.8. The maximum atomic E-state index is 12.5. The molecule has 0 aromatic carbocycles. The fourth-order valence-corrected chi connectivity index (χ4v) is 3.13. The number of likely N-dealkylation sites (tertiary alicyclic amines) is 1. The van der Waals surface area contributed by atoms with Gasteiger partial charge < -0.3 is 10.2 Å². The highest BCUT2D eigenvalue weighted by molar-refractivity contribution is 5.87. The molecule has 0 bridgehead atoms. The summed E-state index contributed by atoms with van der Waals surface area (Å²) in [6, 6.07) is 7.92. The molecule has 1 aliphatic heterocycles. The molecule has 0 unspecified atom stereocenters.